The predicted molar refractivity (Wildman–Crippen MR) is 116 cm³/mol. The average molecular weight is 402 g/mol. The zero-order chi connectivity index (χ0) is 20.8. The van der Waals surface area contributed by atoms with Gasteiger partial charge in [-0.1, -0.05) is 55.7 Å². The van der Waals surface area contributed by atoms with E-state index in [1.807, 2.05) is 54.6 Å². The lowest BCUT2D eigenvalue weighted by molar-refractivity contribution is -0.129. The van der Waals surface area contributed by atoms with E-state index in [1.165, 1.54) is 0 Å². The van der Waals surface area contributed by atoms with Crippen molar-refractivity contribution < 1.29 is 14.0 Å². The maximum absolute atomic E-state index is 13.7. The van der Waals surface area contributed by atoms with Gasteiger partial charge in [0.05, 0.1) is 12.8 Å². The van der Waals surface area contributed by atoms with Gasteiger partial charge in [0.25, 0.3) is 5.91 Å². The standard InChI is InChI=1S/C25H26N2O3/c28-23(20-11-4-1-5-12-20)27(19-22-15-10-18-30-22)25(16-8-3-9-17-25)24(29)26-21-13-6-2-7-14-21/h1-2,4-7,10-15,18H,3,8-9,16-17,19H2,(H,26,29). The first-order chi connectivity index (χ1) is 14.7. The van der Waals surface area contributed by atoms with Crippen LogP contribution < -0.4 is 5.32 Å². The maximum Gasteiger partial charge on any atom is 0.255 e. The van der Waals surface area contributed by atoms with Crippen molar-refractivity contribution >= 4 is 17.5 Å². The summed E-state index contributed by atoms with van der Waals surface area (Å²) in [4.78, 5) is 29.0. The van der Waals surface area contributed by atoms with Crippen LogP contribution in [0.25, 0.3) is 0 Å². The highest BCUT2D eigenvalue weighted by Gasteiger charge is 2.47. The first-order valence-corrected chi connectivity index (χ1v) is 10.4. The lowest BCUT2D eigenvalue weighted by Crippen LogP contribution is -2.59. The first kappa shape index (κ1) is 20.0. The smallest absolute Gasteiger partial charge is 0.255 e. The Morgan fingerprint density at radius 1 is 0.867 bits per heavy atom. The fourth-order valence-corrected chi connectivity index (χ4v) is 4.24. The Bertz CT molecular complexity index is 962. The molecule has 0 saturated heterocycles. The number of carbonyl (C=O) groups is 2. The zero-order valence-corrected chi connectivity index (χ0v) is 16.9. The van der Waals surface area contributed by atoms with E-state index in [4.69, 9.17) is 4.42 Å². The van der Waals surface area contributed by atoms with Gasteiger partial charge in [-0.15, -0.1) is 0 Å². The summed E-state index contributed by atoms with van der Waals surface area (Å²) in [5, 5.41) is 3.06. The minimum atomic E-state index is -0.923. The van der Waals surface area contributed by atoms with E-state index in [0.717, 1.165) is 24.9 Å². The second kappa shape index (κ2) is 8.99. The second-order valence-corrected chi connectivity index (χ2v) is 7.75. The fourth-order valence-electron chi connectivity index (χ4n) is 4.24. The fraction of sp³-hybridized carbons (Fsp3) is 0.280. The lowest BCUT2D eigenvalue weighted by Gasteiger charge is -2.44. The molecule has 0 atom stereocenters. The molecule has 2 amide bonds. The molecule has 3 aromatic rings. The lowest BCUT2D eigenvalue weighted by atomic mass is 9.78. The molecule has 0 radical (unpaired) electrons. The van der Waals surface area contributed by atoms with Gasteiger partial charge in [0.15, 0.2) is 0 Å². The number of carbonyl (C=O) groups excluding carboxylic acids is 2. The minimum absolute atomic E-state index is 0.135. The van der Waals surface area contributed by atoms with Crippen LogP contribution in [0.1, 0.15) is 48.2 Å². The number of furan rings is 1. The van der Waals surface area contributed by atoms with E-state index in [1.54, 1.807) is 29.4 Å². The molecule has 5 nitrogen and oxygen atoms in total. The minimum Gasteiger partial charge on any atom is -0.467 e. The molecule has 1 heterocycles. The van der Waals surface area contributed by atoms with Crippen LogP contribution in [-0.4, -0.2) is 22.3 Å². The molecule has 1 fully saturated rings. The summed E-state index contributed by atoms with van der Waals surface area (Å²) < 4.78 is 5.56. The summed E-state index contributed by atoms with van der Waals surface area (Å²) >= 11 is 0. The van der Waals surface area contributed by atoms with E-state index in [-0.39, 0.29) is 18.4 Å². The molecule has 2 aromatic carbocycles. The normalized spacial score (nSPS) is 15.3. The molecule has 0 aliphatic heterocycles. The number of benzene rings is 2. The van der Waals surface area contributed by atoms with Gasteiger partial charge in [-0.3, -0.25) is 9.59 Å². The molecule has 1 aliphatic rings. The number of nitrogens with zero attached hydrogens (tertiary/aromatic N) is 1. The summed E-state index contributed by atoms with van der Waals surface area (Å²) in [5.41, 5.74) is 0.382. The van der Waals surface area contributed by atoms with E-state index in [0.29, 0.717) is 24.2 Å². The van der Waals surface area contributed by atoms with E-state index < -0.39 is 5.54 Å². The molecule has 1 aromatic heterocycles. The van der Waals surface area contributed by atoms with Crippen molar-refractivity contribution in [2.75, 3.05) is 5.32 Å². The van der Waals surface area contributed by atoms with Crippen LogP contribution >= 0.6 is 0 Å². The largest absolute Gasteiger partial charge is 0.467 e. The van der Waals surface area contributed by atoms with E-state index in [9.17, 15) is 9.59 Å². The summed E-state index contributed by atoms with van der Waals surface area (Å²) in [6.07, 6.45) is 5.72. The monoisotopic (exact) mass is 402 g/mol. The molecule has 154 valence electrons. The molecule has 4 rings (SSSR count). The third-order valence-corrected chi connectivity index (χ3v) is 5.81. The van der Waals surface area contributed by atoms with Crippen molar-refractivity contribution in [3.05, 3.63) is 90.4 Å². The van der Waals surface area contributed by atoms with Crippen LogP contribution in [-0.2, 0) is 11.3 Å². The molecule has 30 heavy (non-hydrogen) atoms. The summed E-state index contributed by atoms with van der Waals surface area (Å²) in [6, 6.07) is 22.2. The van der Waals surface area contributed by atoms with Crippen LogP contribution in [0.4, 0.5) is 5.69 Å². The van der Waals surface area contributed by atoms with Crippen molar-refractivity contribution in [1.82, 2.24) is 4.90 Å². The number of hydrogen-bond donors (Lipinski definition) is 1. The Labute approximate surface area is 176 Å². The molecule has 1 saturated carbocycles. The van der Waals surface area contributed by atoms with Gasteiger partial charge in [0.1, 0.15) is 11.3 Å². The highest BCUT2D eigenvalue weighted by atomic mass is 16.3. The van der Waals surface area contributed by atoms with Gasteiger partial charge < -0.3 is 14.6 Å². The van der Waals surface area contributed by atoms with Crippen molar-refractivity contribution in [3.63, 3.8) is 0 Å². The van der Waals surface area contributed by atoms with Gasteiger partial charge in [0, 0.05) is 11.3 Å². The molecule has 1 N–H and O–H groups in total. The average Bonchev–Trinajstić information content (AvgIpc) is 3.32. The molecular formula is C25H26N2O3. The summed E-state index contributed by atoms with van der Waals surface area (Å²) in [5.74, 6) is 0.373. The highest BCUT2D eigenvalue weighted by Crippen LogP contribution is 2.37. The number of rotatable bonds is 6. The number of para-hydroxylation sites is 1. The third kappa shape index (κ3) is 4.15. The SMILES string of the molecule is O=C(c1ccccc1)N(Cc1ccco1)C1(C(=O)Nc2ccccc2)CCCCC1. The van der Waals surface area contributed by atoms with Crippen LogP contribution in [0.15, 0.2) is 83.5 Å². The Hall–Kier alpha value is -3.34. The molecule has 0 unspecified atom stereocenters. The van der Waals surface area contributed by atoms with Crippen LogP contribution in [0.2, 0.25) is 0 Å². The van der Waals surface area contributed by atoms with Gasteiger partial charge in [-0.05, 0) is 49.2 Å². The Balaban J connectivity index is 1.72. The van der Waals surface area contributed by atoms with Crippen molar-refractivity contribution in [1.29, 1.82) is 0 Å². The molecule has 5 heteroatoms. The van der Waals surface area contributed by atoms with Gasteiger partial charge in [-0.25, -0.2) is 0 Å². The van der Waals surface area contributed by atoms with Crippen LogP contribution in [0.5, 0.6) is 0 Å². The van der Waals surface area contributed by atoms with E-state index >= 15 is 0 Å². The van der Waals surface area contributed by atoms with Crippen molar-refractivity contribution in [2.45, 2.75) is 44.2 Å². The first-order valence-electron chi connectivity index (χ1n) is 10.4. The topological polar surface area (TPSA) is 62.6 Å². The van der Waals surface area contributed by atoms with Gasteiger partial charge >= 0.3 is 0 Å². The Morgan fingerprint density at radius 2 is 1.53 bits per heavy atom. The number of amides is 2. The number of nitrogens with one attached hydrogen (secondary N) is 1. The third-order valence-electron chi connectivity index (χ3n) is 5.81. The zero-order valence-electron chi connectivity index (χ0n) is 16.9. The highest BCUT2D eigenvalue weighted by molar-refractivity contribution is 6.03. The number of hydrogen-bond acceptors (Lipinski definition) is 3. The van der Waals surface area contributed by atoms with Gasteiger partial charge in [-0.2, -0.15) is 0 Å². The van der Waals surface area contributed by atoms with Crippen molar-refractivity contribution in [3.8, 4) is 0 Å². The maximum atomic E-state index is 13.7. The number of anilines is 1. The molecule has 0 spiro atoms. The molecule has 1 aliphatic carbocycles. The Morgan fingerprint density at radius 3 is 2.17 bits per heavy atom. The van der Waals surface area contributed by atoms with E-state index in [2.05, 4.69) is 5.32 Å². The molecule has 0 bridgehead atoms. The quantitative estimate of drug-likeness (QED) is 0.611. The summed E-state index contributed by atoms with van der Waals surface area (Å²) in [6.45, 7) is 0.253. The van der Waals surface area contributed by atoms with Gasteiger partial charge in [0.2, 0.25) is 5.91 Å². The van der Waals surface area contributed by atoms with Crippen molar-refractivity contribution in [2.24, 2.45) is 0 Å². The van der Waals surface area contributed by atoms with Crippen LogP contribution in [0.3, 0.4) is 0 Å². The predicted octanol–water partition coefficient (Wildman–Crippen LogP) is 5.26. The molecular weight excluding hydrogens is 376 g/mol. The second-order valence-electron chi connectivity index (χ2n) is 7.75. The summed E-state index contributed by atoms with van der Waals surface area (Å²) in [7, 11) is 0. The van der Waals surface area contributed by atoms with Crippen LogP contribution in [0, 0.1) is 0 Å². The Kier molecular flexibility index (Phi) is 5.98.